The Balaban J connectivity index is 1.36. The highest BCUT2D eigenvalue weighted by molar-refractivity contribution is 5.85. The number of rotatable bonds is 8. The fourth-order valence-corrected chi connectivity index (χ4v) is 6.43. The molecule has 0 unspecified atom stereocenters. The van der Waals surface area contributed by atoms with Gasteiger partial charge in [0.2, 0.25) is 12.5 Å². The molecule has 13 nitrogen and oxygen atoms in total. The fourth-order valence-electron chi connectivity index (χ4n) is 6.43. The number of hydrogen-bond acceptors (Lipinski definition) is 12. The first-order valence-electron chi connectivity index (χ1n) is 13.9. The number of carbonyl (C=O) groups is 2. The summed E-state index contributed by atoms with van der Waals surface area (Å²) in [5.41, 5.74) is 3.06. The summed E-state index contributed by atoms with van der Waals surface area (Å²) in [6.07, 6.45) is 0. The van der Waals surface area contributed by atoms with Crippen LogP contribution in [0.3, 0.4) is 0 Å². The Morgan fingerprint density at radius 2 is 1.64 bits per heavy atom. The lowest BCUT2D eigenvalue weighted by molar-refractivity contribution is -0.141. The summed E-state index contributed by atoms with van der Waals surface area (Å²) in [4.78, 5) is 26.9. The maximum atomic E-state index is 13.5. The summed E-state index contributed by atoms with van der Waals surface area (Å²) in [7, 11) is 4.60. The highest BCUT2D eigenvalue weighted by Gasteiger charge is 2.54. The van der Waals surface area contributed by atoms with E-state index in [0.29, 0.717) is 28.7 Å². The van der Waals surface area contributed by atoms with E-state index in [0.717, 1.165) is 22.3 Å². The summed E-state index contributed by atoms with van der Waals surface area (Å²) in [5, 5.41) is 12.1. The lowest BCUT2D eigenvalue weighted by atomic mass is 9.65. The molecule has 0 amide bonds. The molecule has 0 saturated carbocycles. The normalized spacial score (nSPS) is 21.2. The van der Waals surface area contributed by atoms with Crippen LogP contribution in [-0.4, -0.2) is 66.9 Å². The standard InChI is InChI=1S/C31H28N4O9/c1-38-23-9-17(10-24(39-2)28(23)40-3)25-18-11-21-22(44-15-43-21)12-19(18)27(20-14-42-30(36)26(20)25)35-29(32-33-34-35)31(37)41-13-16-7-5-4-6-8-16/h4-12,20,25-27H,13-15H2,1-3H3/t20-,25+,26-,27+/m0/s1. The molecule has 3 aliphatic rings. The zero-order chi connectivity index (χ0) is 30.4. The number of ether oxygens (including phenoxy) is 7. The monoisotopic (exact) mass is 600 g/mol. The van der Waals surface area contributed by atoms with E-state index in [1.54, 1.807) is 0 Å². The van der Waals surface area contributed by atoms with E-state index in [9.17, 15) is 9.59 Å². The van der Waals surface area contributed by atoms with E-state index in [-0.39, 0.29) is 31.8 Å². The predicted molar refractivity (Wildman–Crippen MR) is 150 cm³/mol. The first-order chi connectivity index (χ1) is 21.5. The van der Waals surface area contributed by atoms with E-state index in [4.69, 9.17) is 33.2 Å². The van der Waals surface area contributed by atoms with Crippen LogP contribution in [0.2, 0.25) is 0 Å². The van der Waals surface area contributed by atoms with Gasteiger partial charge in [0.05, 0.1) is 39.9 Å². The average Bonchev–Trinajstić information content (AvgIpc) is 3.82. The molecule has 1 aromatic heterocycles. The minimum Gasteiger partial charge on any atom is -0.493 e. The molecule has 0 bridgehead atoms. The maximum absolute atomic E-state index is 13.5. The van der Waals surface area contributed by atoms with Gasteiger partial charge in [-0.05, 0) is 56.9 Å². The second kappa shape index (κ2) is 11.1. The molecule has 1 fully saturated rings. The third-order valence-electron chi connectivity index (χ3n) is 8.35. The Morgan fingerprint density at radius 3 is 2.32 bits per heavy atom. The summed E-state index contributed by atoms with van der Waals surface area (Å²) >= 11 is 0. The predicted octanol–water partition coefficient (Wildman–Crippen LogP) is 3.31. The van der Waals surface area contributed by atoms with Gasteiger partial charge in [-0.2, -0.15) is 0 Å². The molecule has 4 aromatic rings. The molecule has 1 aliphatic carbocycles. The first kappa shape index (κ1) is 27.5. The van der Waals surface area contributed by atoms with Gasteiger partial charge >= 0.3 is 11.9 Å². The van der Waals surface area contributed by atoms with Crippen molar-refractivity contribution in [2.24, 2.45) is 11.8 Å². The highest BCUT2D eigenvalue weighted by Crippen LogP contribution is 2.56. The fraction of sp³-hybridized carbons (Fsp3) is 0.323. The van der Waals surface area contributed by atoms with Crippen LogP contribution >= 0.6 is 0 Å². The number of esters is 2. The molecule has 13 heteroatoms. The highest BCUT2D eigenvalue weighted by atomic mass is 16.7. The largest absolute Gasteiger partial charge is 0.493 e. The minimum absolute atomic E-state index is 0.0450. The maximum Gasteiger partial charge on any atom is 0.378 e. The topological polar surface area (TPSA) is 142 Å². The van der Waals surface area contributed by atoms with Gasteiger partial charge in [-0.25, -0.2) is 9.48 Å². The van der Waals surface area contributed by atoms with Crippen LogP contribution in [0.5, 0.6) is 28.7 Å². The number of benzene rings is 3. The van der Waals surface area contributed by atoms with Crippen molar-refractivity contribution in [1.29, 1.82) is 0 Å². The van der Waals surface area contributed by atoms with Crippen molar-refractivity contribution in [2.45, 2.75) is 18.6 Å². The van der Waals surface area contributed by atoms with Gasteiger partial charge in [0.15, 0.2) is 23.0 Å². The first-order valence-corrected chi connectivity index (χ1v) is 13.9. The SMILES string of the molecule is COc1cc([C@@H]2c3cc4c(cc3[C@@H](n3nnnc3C(=O)OCc3ccccc3)[C@H]3COC(=O)[C@H]23)OCO4)cc(OC)c1OC. The Hall–Kier alpha value is -5.33. The van der Waals surface area contributed by atoms with Crippen LogP contribution in [0.4, 0.5) is 0 Å². The molecule has 44 heavy (non-hydrogen) atoms. The number of hydrogen-bond donors (Lipinski definition) is 0. The van der Waals surface area contributed by atoms with E-state index < -0.39 is 29.8 Å². The van der Waals surface area contributed by atoms with E-state index in [2.05, 4.69) is 15.5 Å². The Morgan fingerprint density at radius 1 is 0.932 bits per heavy atom. The molecule has 1 saturated heterocycles. The van der Waals surface area contributed by atoms with E-state index >= 15 is 0 Å². The number of cyclic esters (lactones) is 1. The van der Waals surface area contributed by atoms with E-state index in [1.807, 2.05) is 54.6 Å². The second-order valence-electron chi connectivity index (χ2n) is 10.5. The van der Waals surface area contributed by atoms with Gasteiger partial charge < -0.3 is 33.2 Å². The minimum atomic E-state index is -0.699. The van der Waals surface area contributed by atoms with Crippen LogP contribution < -0.4 is 23.7 Å². The van der Waals surface area contributed by atoms with Gasteiger partial charge in [-0.15, -0.1) is 5.10 Å². The summed E-state index contributed by atoms with van der Waals surface area (Å²) in [5.74, 6) is -0.443. The number of fused-ring (bicyclic) bond motifs is 3. The van der Waals surface area contributed by atoms with E-state index in [1.165, 1.54) is 26.0 Å². The van der Waals surface area contributed by atoms with Crippen LogP contribution in [0.25, 0.3) is 0 Å². The van der Waals surface area contributed by atoms with Gasteiger partial charge in [0, 0.05) is 11.8 Å². The summed E-state index contributed by atoms with van der Waals surface area (Å²) in [6.45, 7) is 0.180. The molecular weight excluding hydrogens is 572 g/mol. The lowest BCUT2D eigenvalue weighted by Gasteiger charge is -2.39. The van der Waals surface area contributed by atoms with Crippen LogP contribution in [0, 0.1) is 11.8 Å². The Labute approximate surface area is 251 Å². The molecule has 3 aromatic carbocycles. The van der Waals surface area contributed by atoms with Crippen LogP contribution in [0.15, 0.2) is 54.6 Å². The Kier molecular flexibility index (Phi) is 6.91. The van der Waals surface area contributed by atoms with Crippen molar-refractivity contribution in [3.8, 4) is 28.7 Å². The van der Waals surface area contributed by atoms with Crippen LogP contribution in [-0.2, 0) is 20.9 Å². The van der Waals surface area contributed by atoms with Crippen molar-refractivity contribution in [3.05, 3.63) is 82.7 Å². The number of carbonyl (C=O) groups excluding carboxylic acids is 2. The summed E-state index contributed by atoms with van der Waals surface area (Å²) in [6, 6.07) is 16.0. The van der Waals surface area contributed by atoms with Crippen molar-refractivity contribution >= 4 is 11.9 Å². The zero-order valence-corrected chi connectivity index (χ0v) is 24.1. The molecule has 7 rings (SSSR count). The molecule has 0 radical (unpaired) electrons. The number of aromatic nitrogens is 4. The van der Waals surface area contributed by atoms with Gasteiger partial charge in [-0.3, -0.25) is 4.79 Å². The molecule has 226 valence electrons. The number of nitrogens with zero attached hydrogens (tertiary/aromatic N) is 4. The third kappa shape index (κ3) is 4.43. The lowest BCUT2D eigenvalue weighted by Crippen LogP contribution is -2.39. The summed E-state index contributed by atoms with van der Waals surface area (Å²) < 4.78 is 41.0. The van der Waals surface area contributed by atoms with Crippen molar-refractivity contribution < 1.29 is 42.7 Å². The van der Waals surface area contributed by atoms with Crippen molar-refractivity contribution in [1.82, 2.24) is 20.2 Å². The third-order valence-corrected chi connectivity index (χ3v) is 8.35. The quantitative estimate of drug-likeness (QED) is 0.274. The van der Waals surface area contributed by atoms with Crippen molar-refractivity contribution in [2.75, 3.05) is 34.7 Å². The van der Waals surface area contributed by atoms with Gasteiger partial charge in [-0.1, -0.05) is 30.3 Å². The van der Waals surface area contributed by atoms with Crippen LogP contribution in [0.1, 0.15) is 44.8 Å². The Bertz CT molecular complexity index is 1720. The molecule has 0 spiro atoms. The molecule has 4 atom stereocenters. The van der Waals surface area contributed by atoms with Gasteiger partial charge in [0.1, 0.15) is 6.61 Å². The molecule has 3 heterocycles. The second-order valence-corrected chi connectivity index (χ2v) is 10.5. The molecular formula is C31H28N4O9. The smallest absolute Gasteiger partial charge is 0.378 e. The molecule has 2 aliphatic heterocycles. The zero-order valence-electron chi connectivity index (χ0n) is 24.1. The van der Waals surface area contributed by atoms with Gasteiger partial charge in [0.25, 0.3) is 5.82 Å². The average molecular weight is 601 g/mol. The number of tetrazole rings is 1. The molecule has 0 N–H and O–H groups in total. The number of methoxy groups -OCH3 is 3. The van der Waals surface area contributed by atoms with Crippen molar-refractivity contribution in [3.63, 3.8) is 0 Å².